The van der Waals surface area contributed by atoms with E-state index in [9.17, 15) is 18.0 Å². The van der Waals surface area contributed by atoms with Crippen molar-refractivity contribution < 1.29 is 22.7 Å². The summed E-state index contributed by atoms with van der Waals surface area (Å²) in [7, 11) is 1.25. The summed E-state index contributed by atoms with van der Waals surface area (Å²) in [5, 5.41) is 7.81. The molecule has 1 N–H and O–H groups in total. The summed E-state index contributed by atoms with van der Waals surface area (Å²) in [4.78, 5) is 16.6. The predicted molar refractivity (Wildman–Crippen MR) is 89.7 cm³/mol. The number of halogens is 3. The molecule has 138 valence electrons. The average Bonchev–Trinajstić information content (AvgIpc) is 3.01. The molecule has 3 rings (SSSR count). The van der Waals surface area contributed by atoms with E-state index in [1.165, 1.54) is 35.7 Å². The third kappa shape index (κ3) is 3.16. The van der Waals surface area contributed by atoms with Gasteiger partial charge in [-0.1, -0.05) is 23.9 Å². The smallest absolute Gasteiger partial charge is 0.416 e. The lowest BCUT2D eigenvalue weighted by atomic mass is 9.95. The number of rotatable bonds is 3. The Labute approximate surface area is 151 Å². The van der Waals surface area contributed by atoms with Crippen LogP contribution in [0.25, 0.3) is 0 Å². The average molecular weight is 384 g/mol. The SMILES string of the molecule is COC(=O)C1=C(C)Nc2nc(SC)nn2[C@H]1c1ccc(C(F)(F)F)cc1. The largest absolute Gasteiger partial charge is 0.466 e. The van der Waals surface area contributed by atoms with Crippen LogP contribution in [0.3, 0.4) is 0 Å². The molecule has 0 aliphatic carbocycles. The van der Waals surface area contributed by atoms with Crippen molar-refractivity contribution in [1.82, 2.24) is 14.8 Å². The fraction of sp³-hybridized carbons (Fsp3) is 0.312. The molecule has 1 atom stereocenters. The monoisotopic (exact) mass is 384 g/mol. The first-order valence-electron chi connectivity index (χ1n) is 7.50. The molecule has 1 aromatic heterocycles. The molecule has 6 nitrogen and oxygen atoms in total. The van der Waals surface area contributed by atoms with Gasteiger partial charge in [-0.25, -0.2) is 9.48 Å². The maximum atomic E-state index is 12.8. The molecule has 0 fully saturated rings. The van der Waals surface area contributed by atoms with Crippen LogP contribution in [0.4, 0.5) is 19.1 Å². The molecule has 2 aromatic rings. The lowest BCUT2D eigenvalue weighted by Crippen LogP contribution is -2.29. The second-order valence-corrected chi connectivity index (χ2v) is 6.32. The summed E-state index contributed by atoms with van der Waals surface area (Å²) in [6, 6.07) is 3.88. The summed E-state index contributed by atoms with van der Waals surface area (Å²) < 4.78 is 44.9. The lowest BCUT2D eigenvalue weighted by Gasteiger charge is -2.28. The van der Waals surface area contributed by atoms with Gasteiger partial charge in [0.2, 0.25) is 11.1 Å². The van der Waals surface area contributed by atoms with Crippen LogP contribution in [0.2, 0.25) is 0 Å². The van der Waals surface area contributed by atoms with E-state index < -0.39 is 23.8 Å². The Kier molecular flexibility index (Phi) is 4.70. The van der Waals surface area contributed by atoms with Crippen LogP contribution < -0.4 is 5.32 Å². The van der Waals surface area contributed by atoms with E-state index in [1.54, 1.807) is 13.2 Å². The number of fused-ring (bicyclic) bond motifs is 1. The van der Waals surface area contributed by atoms with Gasteiger partial charge in [0.05, 0.1) is 18.2 Å². The van der Waals surface area contributed by atoms with E-state index in [0.29, 0.717) is 22.4 Å². The van der Waals surface area contributed by atoms with E-state index in [1.807, 2.05) is 0 Å². The first-order chi connectivity index (χ1) is 12.3. The molecule has 0 spiro atoms. The Morgan fingerprint density at radius 3 is 2.50 bits per heavy atom. The minimum atomic E-state index is -4.44. The number of nitrogens with one attached hydrogen (secondary N) is 1. The van der Waals surface area contributed by atoms with E-state index in [2.05, 4.69) is 15.4 Å². The van der Waals surface area contributed by atoms with Gasteiger partial charge >= 0.3 is 12.1 Å². The van der Waals surface area contributed by atoms with Crippen LogP contribution in [-0.2, 0) is 15.7 Å². The highest BCUT2D eigenvalue weighted by Gasteiger charge is 2.36. The number of allylic oxidation sites excluding steroid dienone is 1. The van der Waals surface area contributed by atoms with E-state index >= 15 is 0 Å². The van der Waals surface area contributed by atoms with Gasteiger partial charge < -0.3 is 10.1 Å². The third-order valence-electron chi connectivity index (χ3n) is 3.97. The van der Waals surface area contributed by atoms with Gasteiger partial charge in [-0.2, -0.15) is 18.2 Å². The maximum Gasteiger partial charge on any atom is 0.416 e. The Balaban J connectivity index is 2.14. The number of carbonyl (C=O) groups excluding carboxylic acids is 1. The van der Waals surface area contributed by atoms with Gasteiger partial charge in [-0.3, -0.25) is 0 Å². The predicted octanol–water partition coefficient (Wildman–Crippen LogP) is 3.48. The number of carbonyl (C=O) groups is 1. The standard InChI is InChI=1S/C16H15F3N4O2S/c1-8-11(13(24)25-2)12(23-14(20-8)21-15(22-23)26-3)9-4-6-10(7-5-9)16(17,18)19/h4-7,12H,1-3H3,(H,20,21,22)/t12-/m0/s1. The van der Waals surface area contributed by atoms with Crippen molar-refractivity contribution >= 4 is 23.7 Å². The Morgan fingerprint density at radius 1 is 1.31 bits per heavy atom. The molecule has 26 heavy (non-hydrogen) atoms. The number of benzene rings is 1. The van der Waals surface area contributed by atoms with Crippen LogP contribution in [-0.4, -0.2) is 34.1 Å². The first-order valence-corrected chi connectivity index (χ1v) is 8.72. The Morgan fingerprint density at radius 2 is 1.96 bits per heavy atom. The van der Waals surface area contributed by atoms with Crippen molar-refractivity contribution in [3.8, 4) is 0 Å². The molecule has 2 heterocycles. The zero-order valence-corrected chi connectivity index (χ0v) is 14.9. The van der Waals surface area contributed by atoms with Crippen molar-refractivity contribution in [2.75, 3.05) is 18.7 Å². The summed E-state index contributed by atoms with van der Waals surface area (Å²) in [5.74, 6) is -0.184. The van der Waals surface area contributed by atoms with Gasteiger partial charge in [0, 0.05) is 5.70 Å². The molecule has 0 amide bonds. The van der Waals surface area contributed by atoms with Gasteiger partial charge in [-0.15, -0.1) is 5.10 Å². The zero-order valence-electron chi connectivity index (χ0n) is 14.1. The van der Waals surface area contributed by atoms with Crippen LogP contribution >= 0.6 is 11.8 Å². The highest BCUT2D eigenvalue weighted by atomic mass is 32.2. The van der Waals surface area contributed by atoms with Crippen molar-refractivity contribution in [3.05, 3.63) is 46.7 Å². The molecule has 1 aromatic carbocycles. The van der Waals surface area contributed by atoms with Gasteiger partial charge in [-0.05, 0) is 30.9 Å². The number of aromatic nitrogens is 3. The number of hydrogen-bond donors (Lipinski definition) is 1. The summed E-state index contributed by atoms with van der Waals surface area (Å²) in [6.45, 7) is 1.68. The summed E-state index contributed by atoms with van der Waals surface area (Å²) >= 11 is 1.32. The van der Waals surface area contributed by atoms with Crippen LogP contribution in [0.5, 0.6) is 0 Å². The minimum absolute atomic E-state index is 0.261. The second kappa shape index (κ2) is 6.67. The number of esters is 1. The number of nitrogens with zero attached hydrogens (tertiary/aromatic N) is 3. The van der Waals surface area contributed by atoms with Crippen LogP contribution in [0.15, 0.2) is 40.7 Å². The molecule has 0 bridgehead atoms. The second-order valence-electron chi connectivity index (χ2n) is 5.54. The number of methoxy groups -OCH3 is 1. The molecule has 10 heteroatoms. The Bertz CT molecular complexity index is 875. The fourth-order valence-electron chi connectivity index (χ4n) is 2.75. The first kappa shape index (κ1) is 18.3. The zero-order chi connectivity index (χ0) is 19.1. The molecular weight excluding hydrogens is 369 g/mol. The minimum Gasteiger partial charge on any atom is -0.466 e. The third-order valence-corrected chi connectivity index (χ3v) is 4.51. The maximum absolute atomic E-state index is 12.8. The van der Waals surface area contributed by atoms with Crippen molar-refractivity contribution in [2.24, 2.45) is 0 Å². The fourth-order valence-corrected chi connectivity index (χ4v) is 3.10. The molecule has 0 radical (unpaired) electrons. The topological polar surface area (TPSA) is 69.0 Å². The number of anilines is 1. The number of ether oxygens (including phenoxy) is 1. The Hall–Kier alpha value is -2.49. The quantitative estimate of drug-likeness (QED) is 0.646. The van der Waals surface area contributed by atoms with Gasteiger partial charge in [0.15, 0.2) is 0 Å². The van der Waals surface area contributed by atoms with Gasteiger partial charge in [0.25, 0.3) is 0 Å². The molecular formula is C16H15F3N4O2S. The van der Waals surface area contributed by atoms with E-state index in [-0.39, 0.29) is 5.57 Å². The number of alkyl halides is 3. The highest BCUT2D eigenvalue weighted by Crippen LogP contribution is 2.37. The summed E-state index contributed by atoms with van der Waals surface area (Å²) in [6.07, 6.45) is -2.63. The molecule has 0 unspecified atom stereocenters. The molecule has 0 saturated carbocycles. The highest BCUT2D eigenvalue weighted by molar-refractivity contribution is 7.98. The van der Waals surface area contributed by atoms with E-state index in [4.69, 9.17) is 4.74 Å². The summed E-state index contributed by atoms with van der Waals surface area (Å²) in [5.41, 5.74) is 0.476. The molecule has 0 saturated heterocycles. The van der Waals surface area contributed by atoms with Crippen molar-refractivity contribution in [3.63, 3.8) is 0 Å². The number of hydrogen-bond acceptors (Lipinski definition) is 6. The van der Waals surface area contributed by atoms with Crippen molar-refractivity contribution in [1.29, 1.82) is 0 Å². The molecule has 1 aliphatic heterocycles. The van der Waals surface area contributed by atoms with Gasteiger partial charge in [0.1, 0.15) is 6.04 Å². The normalized spacial score (nSPS) is 16.9. The van der Waals surface area contributed by atoms with Crippen molar-refractivity contribution in [2.45, 2.75) is 24.3 Å². The lowest BCUT2D eigenvalue weighted by molar-refractivity contribution is -0.138. The van der Waals surface area contributed by atoms with Crippen LogP contribution in [0.1, 0.15) is 24.1 Å². The van der Waals surface area contributed by atoms with E-state index in [0.717, 1.165) is 12.1 Å². The van der Waals surface area contributed by atoms with Crippen LogP contribution in [0, 0.1) is 0 Å². The number of thioether (sulfide) groups is 1. The molecule has 1 aliphatic rings.